The molecular weight excluding hydrogens is 418 g/mol. The van der Waals surface area contributed by atoms with Crippen molar-refractivity contribution in [3.05, 3.63) is 71.0 Å². The summed E-state index contributed by atoms with van der Waals surface area (Å²) in [5, 5.41) is 13.3. The van der Waals surface area contributed by atoms with Crippen molar-refractivity contribution in [3.8, 4) is 0 Å². The van der Waals surface area contributed by atoms with Crippen LogP contribution in [0.1, 0.15) is 35.1 Å². The quantitative estimate of drug-likeness (QED) is 0.413. The van der Waals surface area contributed by atoms with Gasteiger partial charge in [-0.25, -0.2) is 0 Å². The lowest BCUT2D eigenvalue weighted by Crippen LogP contribution is -2.22. The summed E-state index contributed by atoms with van der Waals surface area (Å²) >= 11 is 0. The maximum atomic E-state index is 13.0. The molecule has 0 radical (unpaired) electrons. The van der Waals surface area contributed by atoms with Crippen molar-refractivity contribution in [2.24, 2.45) is 0 Å². The molecule has 7 nitrogen and oxygen atoms in total. The molecule has 0 aliphatic carbocycles. The summed E-state index contributed by atoms with van der Waals surface area (Å²) in [6.45, 7) is 0.881. The van der Waals surface area contributed by atoms with Crippen LogP contribution in [0.3, 0.4) is 0 Å². The molecule has 2 aromatic heterocycles. The smallest absolute Gasteiger partial charge is 0.303 e. The van der Waals surface area contributed by atoms with Gasteiger partial charge in [0, 0.05) is 52.8 Å². The third kappa shape index (κ3) is 2.92. The number of carboxylic acids is 1. The summed E-state index contributed by atoms with van der Waals surface area (Å²) in [5.74, 6) is -1.67. The van der Waals surface area contributed by atoms with Gasteiger partial charge in [0.05, 0.1) is 16.7 Å². The normalized spacial score (nSPS) is 15.6. The van der Waals surface area contributed by atoms with Crippen LogP contribution < -0.4 is 5.32 Å². The number of carbonyl (C=O) groups excluding carboxylic acids is 2. The number of rotatable bonds is 5. The van der Waals surface area contributed by atoms with Gasteiger partial charge in [-0.2, -0.15) is 0 Å². The van der Waals surface area contributed by atoms with Crippen LogP contribution in [-0.4, -0.2) is 32.4 Å². The molecule has 0 unspecified atom stereocenters. The standard InChI is InChI=1S/C26H21N3O4/c30-20(31)10-9-14-4-1-7-16-18(12-27-23(14)16)21-22(26(33)28-25(21)32)19-13-29-11-3-6-15-5-2-8-17(19)24(15)29/h1-2,4-5,7-8,12-13,27H,3,6,9-11H2,(H,30,31)(H,28,32,33). The van der Waals surface area contributed by atoms with E-state index in [9.17, 15) is 14.4 Å². The van der Waals surface area contributed by atoms with Crippen molar-refractivity contribution in [1.82, 2.24) is 14.9 Å². The topological polar surface area (TPSA) is 104 Å². The van der Waals surface area contributed by atoms with Crippen LogP contribution in [0.2, 0.25) is 0 Å². The molecule has 2 aliphatic rings. The van der Waals surface area contributed by atoms with Gasteiger partial charge in [0.25, 0.3) is 11.8 Å². The average molecular weight is 439 g/mol. The SMILES string of the molecule is O=C(O)CCc1cccc2c(C3=C(c4cn5c6c(cccc46)CCC5)C(=O)NC3=O)c[nH]c12. The van der Waals surface area contributed by atoms with Crippen molar-refractivity contribution >= 4 is 50.7 Å². The maximum Gasteiger partial charge on any atom is 0.303 e. The third-order valence-electron chi connectivity index (χ3n) is 6.71. The van der Waals surface area contributed by atoms with Crippen LogP contribution in [0.25, 0.3) is 33.0 Å². The van der Waals surface area contributed by atoms with Gasteiger partial charge in [0.15, 0.2) is 0 Å². The number of fused-ring (bicyclic) bond motifs is 1. The number of nitrogens with one attached hydrogen (secondary N) is 2. The van der Waals surface area contributed by atoms with Gasteiger partial charge >= 0.3 is 5.97 Å². The Morgan fingerprint density at radius 2 is 1.76 bits per heavy atom. The van der Waals surface area contributed by atoms with Crippen LogP contribution in [0.15, 0.2) is 48.8 Å². The molecule has 4 aromatic rings. The highest BCUT2D eigenvalue weighted by molar-refractivity contribution is 6.50. The molecule has 0 fully saturated rings. The van der Waals surface area contributed by atoms with Crippen LogP contribution in [-0.2, 0) is 33.8 Å². The number of nitrogens with zero attached hydrogens (tertiary/aromatic N) is 1. The zero-order valence-electron chi connectivity index (χ0n) is 17.8. The molecule has 7 heteroatoms. The van der Waals surface area contributed by atoms with E-state index in [0.717, 1.165) is 52.3 Å². The van der Waals surface area contributed by atoms with Crippen LogP contribution in [0.5, 0.6) is 0 Å². The molecule has 0 saturated carbocycles. The van der Waals surface area contributed by atoms with Crippen molar-refractivity contribution < 1.29 is 19.5 Å². The molecule has 2 aliphatic heterocycles. The molecule has 164 valence electrons. The number of aliphatic carboxylic acids is 1. The van der Waals surface area contributed by atoms with Crippen molar-refractivity contribution in [2.75, 3.05) is 0 Å². The van der Waals surface area contributed by atoms with E-state index in [2.05, 4.69) is 20.9 Å². The molecule has 2 aromatic carbocycles. The molecule has 0 saturated heterocycles. The highest BCUT2D eigenvalue weighted by Crippen LogP contribution is 2.40. The molecule has 0 bridgehead atoms. The van der Waals surface area contributed by atoms with Gasteiger partial charge in [-0.3, -0.25) is 19.7 Å². The highest BCUT2D eigenvalue weighted by atomic mass is 16.4. The predicted octanol–water partition coefficient (Wildman–Crippen LogP) is 3.65. The number of amides is 2. The van der Waals surface area contributed by atoms with Crippen molar-refractivity contribution in [2.45, 2.75) is 32.2 Å². The van der Waals surface area contributed by atoms with E-state index < -0.39 is 17.8 Å². The lowest BCUT2D eigenvalue weighted by molar-refractivity contribution is -0.137. The van der Waals surface area contributed by atoms with Gasteiger partial charge in [-0.05, 0) is 30.4 Å². The lowest BCUT2D eigenvalue weighted by atomic mass is 9.94. The Hall–Kier alpha value is -4.13. The van der Waals surface area contributed by atoms with E-state index in [0.29, 0.717) is 23.1 Å². The molecule has 4 heterocycles. The number of carbonyl (C=O) groups is 3. The van der Waals surface area contributed by atoms with Gasteiger partial charge < -0.3 is 14.7 Å². The first-order valence-corrected chi connectivity index (χ1v) is 11.0. The first-order valence-electron chi connectivity index (χ1n) is 11.0. The summed E-state index contributed by atoms with van der Waals surface area (Å²) in [6.07, 6.45) is 6.17. The van der Waals surface area contributed by atoms with E-state index in [1.807, 2.05) is 36.5 Å². The van der Waals surface area contributed by atoms with E-state index in [1.54, 1.807) is 6.20 Å². The number of benzene rings is 2. The van der Waals surface area contributed by atoms with E-state index >= 15 is 0 Å². The highest BCUT2D eigenvalue weighted by Gasteiger charge is 2.35. The molecule has 33 heavy (non-hydrogen) atoms. The third-order valence-corrected chi connectivity index (χ3v) is 6.71. The van der Waals surface area contributed by atoms with E-state index in [-0.39, 0.29) is 6.42 Å². The summed E-state index contributed by atoms with van der Waals surface area (Å²) in [4.78, 5) is 40.3. The molecular formula is C26H21N3O4. The number of imide groups is 1. The van der Waals surface area contributed by atoms with Crippen molar-refractivity contribution in [3.63, 3.8) is 0 Å². The molecule has 6 rings (SSSR count). The second-order valence-corrected chi connectivity index (χ2v) is 8.62. The van der Waals surface area contributed by atoms with Gasteiger partial charge in [0.2, 0.25) is 0 Å². The fourth-order valence-electron chi connectivity index (χ4n) is 5.30. The number of aryl methyl sites for hydroxylation is 3. The predicted molar refractivity (Wildman–Crippen MR) is 124 cm³/mol. The summed E-state index contributed by atoms with van der Waals surface area (Å²) in [5.41, 5.74) is 6.19. The average Bonchev–Trinajstić information content (AvgIpc) is 3.47. The van der Waals surface area contributed by atoms with E-state index in [4.69, 9.17) is 5.11 Å². The second kappa shape index (κ2) is 7.20. The Morgan fingerprint density at radius 3 is 2.58 bits per heavy atom. The summed E-state index contributed by atoms with van der Waals surface area (Å²) < 4.78 is 2.18. The Kier molecular flexibility index (Phi) is 4.26. The largest absolute Gasteiger partial charge is 0.481 e. The van der Waals surface area contributed by atoms with Gasteiger partial charge in [-0.1, -0.05) is 36.4 Å². The number of aromatic amines is 1. The number of para-hydroxylation sites is 2. The van der Waals surface area contributed by atoms with Crippen LogP contribution >= 0.6 is 0 Å². The fourth-order valence-corrected chi connectivity index (χ4v) is 5.30. The Balaban J connectivity index is 1.58. The second-order valence-electron chi connectivity index (χ2n) is 8.62. The number of hydrogen-bond donors (Lipinski definition) is 3. The monoisotopic (exact) mass is 439 g/mol. The summed E-state index contributed by atoms with van der Waals surface area (Å²) in [7, 11) is 0. The minimum atomic E-state index is -0.863. The lowest BCUT2D eigenvalue weighted by Gasteiger charge is -2.14. The molecule has 0 atom stereocenters. The zero-order chi connectivity index (χ0) is 22.7. The molecule has 0 spiro atoms. The van der Waals surface area contributed by atoms with E-state index in [1.165, 1.54) is 5.56 Å². The number of aromatic nitrogens is 2. The zero-order valence-corrected chi connectivity index (χ0v) is 17.8. The first-order chi connectivity index (χ1) is 16.0. The summed E-state index contributed by atoms with van der Waals surface area (Å²) in [6, 6.07) is 11.8. The molecule has 2 amide bonds. The van der Waals surface area contributed by atoms with Crippen LogP contribution in [0.4, 0.5) is 0 Å². The fraction of sp³-hybridized carbons (Fsp3) is 0.192. The Labute approximate surface area is 188 Å². The van der Waals surface area contributed by atoms with Crippen molar-refractivity contribution in [1.29, 1.82) is 0 Å². The Morgan fingerprint density at radius 1 is 1.00 bits per heavy atom. The van der Waals surface area contributed by atoms with Gasteiger partial charge in [0.1, 0.15) is 0 Å². The maximum absolute atomic E-state index is 13.0. The van der Waals surface area contributed by atoms with Gasteiger partial charge in [-0.15, -0.1) is 0 Å². The minimum Gasteiger partial charge on any atom is -0.481 e. The van der Waals surface area contributed by atoms with Crippen LogP contribution in [0, 0.1) is 0 Å². The minimum absolute atomic E-state index is 0.0161. The molecule has 3 N–H and O–H groups in total. The number of H-pyrrole nitrogens is 1. The number of hydrogen-bond acceptors (Lipinski definition) is 3. The number of carboxylic acid groups (broad SMARTS) is 1. The Bertz CT molecular complexity index is 1540. The first kappa shape index (κ1) is 19.5.